The summed E-state index contributed by atoms with van der Waals surface area (Å²) in [7, 11) is 0. The molecule has 1 aromatic carbocycles. The summed E-state index contributed by atoms with van der Waals surface area (Å²) in [5.74, 6) is 3.13. The summed E-state index contributed by atoms with van der Waals surface area (Å²) in [4.78, 5) is 27.6. The van der Waals surface area contributed by atoms with Gasteiger partial charge in [-0.1, -0.05) is 12.6 Å². The molecule has 36 heavy (non-hydrogen) atoms. The van der Waals surface area contributed by atoms with Gasteiger partial charge in [-0.15, -0.1) is 0 Å². The lowest BCUT2D eigenvalue weighted by Crippen LogP contribution is -2.61. The van der Waals surface area contributed by atoms with E-state index in [0.717, 1.165) is 80.7 Å². The normalized spacial score (nSPS) is 23.0. The third kappa shape index (κ3) is 4.30. The first kappa shape index (κ1) is 23.2. The topological polar surface area (TPSA) is 83.1 Å². The lowest BCUT2D eigenvalue weighted by Gasteiger charge is -2.47. The zero-order valence-corrected chi connectivity index (χ0v) is 20.9. The number of ether oxygens (including phenoxy) is 2. The highest BCUT2D eigenvalue weighted by molar-refractivity contribution is 5.87. The van der Waals surface area contributed by atoms with Crippen molar-refractivity contribution in [1.29, 1.82) is 0 Å². The number of piperidine rings is 1. The number of carbonyl (C=O) groups is 1. The molecule has 2 aromatic rings. The molecule has 9 nitrogen and oxygen atoms in total. The van der Waals surface area contributed by atoms with Crippen molar-refractivity contribution in [3.05, 3.63) is 48.3 Å². The van der Waals surface area contributed by atoms with Gasteiger partial charge < -0.3 is 24.6 Å². The number of anilines is 3. The Balaban J connectivity index is 1.16. The van der Waals surface area contributed by atoms with Gasteiger partial charge in [0.15, 0.2) is 0 Å². The molecular weight excluding hydrogens is 456 g/mol. The summed E-state index contributed by atoms with van der Waals surface area (Å²) in [6.07, 6.45) is 5.10. The van der Waals surface area contributed by atoms with Crippen LogP contribution in [0, 0.1) is 0 Å². The highest BCUT2D eigenvalue weighted by atomic mass is 16.5. The summed E-state index contributed by atoms with van der Waals surface area (Å²) < 4.78 is 12.0. The second kappa shape index (κ2) is 9.71. The second-order valence-corrected chi connectivity index (χ2v) is 10.1. The van der Waals surface area contributed by atoms with Gasteiger partial charge in [-0.3, -0.25) is 9.69 Å². The number of carbonyl (C=O) groups excluding carboxylic acids is 1. The van der Waals surface area contributed by atoms with Crippen molar-refractivity contribution in [3.8, 4) is 5.75 Å². The number of likely N-dealkylation sites (tertiary alicyclic amines) is 2. The van der Waals surface area contributed by atoms with E-state index >= 15 is 0 Å². The summed E-state index contributed by atoms with van der Waals surface area (Å²) in [5.41, 5.74) is 3.29. The molecule has 1 aromatic heterocycles. The van der Waals surface area contributed by atoms with E-state index in [4.69, 9.17) is 9.47 Å². The van der Waals surface area contributed by atoms with Crippen molar-refractivity contribution in [1.82, 2.24) is 19.8 Å². The Morgan fingerprint density at radius 2 is 1.92 bits per heavy atom. The first-order valence-corrected chi connectivity index (χ1v) is 13.0. The van der Waals surface area contributed by atoms with Crippen molar-refractivity contribution >= 4 is 23.2 Å². The minimum absolute atomic E-state index is 0.0408. The molecule has 1 amide bonds. The first-order valence-electron chi connectivity index (χ1n) is 13.0. The maximum Gasteiger partial charge on any atom is 0.246 e. The molecular formula is C27H34N6O3. The van der Waals surface area contributed by atoms with Crippen LogP contribution in [0.15, 0.2) is 37.2 Å². The fourth-order valence-electron chi connectivity index (χ4n) is 5.86. The van der Waals surface area contributed by atoms with E-state index in [0.29, 0.717) is 25.2 Å². The fraction of sp³-hybridized carbons (Fsp3) is 0.519. The Morgan fingerprint density at radius 3 is 2.67 bits per heavy atom. The van der Waals surface area contributed by atoms with Crippen LogP contribution < -0.4 is 15.0 Å². The molecule has 0 radical (unpaired) electrons. The molecule has 3 fully saturated rings. The fourth-order valence-corrected chi connectivity index (χ4v) is 5.86. The predicted octanol–water partition coefficient (Wildman–Crippen LogP) is 3.09. The first-order chi connectivity index (χ1) is 17.6. The van der Waals surface area contributed by atoms with Crippen LogP contribution in [-0.2, 0) is 9.53 Å². The highest BCUT2D eigenvalue weighted by Crippen LogP contribution is 2.43. The van der Waals surface area contributed by atoms with Crippen molar-refractivity contribution in [3.63, 3.8) is 0 Å². The van der Waals surface area contributed by atoms with Gasteiger partial charge in [-0.05, 0) is 62.5 Å². The molecule has 5 heterocycles. The lowest BCUT2D eigenvalue weighted by atomic mass is 9.88. The summed E-state index contributed by atoms with van der Waals surface area (Å²) in [6, 6.07) is 7.03. The molecule has 1 atom stereocenters. The third-order valence-corrected chi connectivity index (χ3v) is 8.01. The van der Waals surface area contributed by atoms with Gasteiger partial charge in [0, 0.05) is 32.2 Å². The number of morpholine rings is 1. The summed E-state index contributed by atoms with van der Waals surface area (Å²) in [6.45, 7) is 12.5. The molecule has 190 valence electrons. The number of hydrogen-bond donors (Lipinski definition) is 1. The number of amides is 1. The van der Waals surface area contributed by atoms with Crippen molar-refractivity contribution in [2.24, 2.45) is 0 Å². The Hall–Kier alpha value is -3.17. The van der Waals surface area contributed by atoms with Crippen LogP contribution >= 0.6 is 0 Å². The Labute approximate surface area is 212 Å². The van der Waals surface area contributed by atoms with Crippen LogP contribution in [0.2, 0.25) is 0 Å². The Morgan fingerprint density at radius 1 is 1.14 bits per heavy atom. The monoisotopic (exact) mass is 490 g/mol. The number of fused-ring (bicyclic) bond motifs is 2. The lowest BCUT2D eigenvalue weighted by molar-refractivity contribution is -0.133. The van der Waals surface area contributed by atoms with Gasteiger partial charge in [0.2, 0.25) is 5.91 Å². The highest BCUT2D eigenvalue weighted by Gasteiger charge is 2.36. The standard InChI is InChI=1S/C27H34N6O3/c1-3-24(34)33-15-21(16-33)31-8-6-19(7-9-31)20-4-5-23-22(14-20)30-26-25(18(2)36-23)27(29-17-28-26)32-10-12-35-13-11-32/h3-5,14,17-19,21H,1,6-13,15-16H2,2H3,(H,28,29,30)/t18-/m1/s1. The minimum Gasteiger partial charge on any atom is -0.484 e. The van der Waals surface area contributed by atoms with Crippen LogP contribution in [-0.4, -0.2) is 84.2 Å². The van der Waals surface area contributed by atoms with Gasteiger partial charge in [0.25, 0.3) is 0 Å². The maximum atomic E-state index is 11.8. The summed E-state index contributed by atoms with van der Waals surface area (Å²) in [5, 5.41) is 3.57. The Kier molecular flexibility index (Phi) is 6.27. The molecule has 4 aliphatic heterocycles. The number of aromatic nitrogens is 2. The van der Waals surface area contributed by atoms with Crippen molar-refractivity contribution < 1.29 is 14.3 Å². The van der Waals surface area contributed by atoms with E-state index in [1.54, 1.807) is 6.33 Å². The van der Waals surface area contributed by atoms with Crippen molar-refractivity contribution in [2.45, 2.75) is 37.8 Å². The van der Waals surface area contributed by atoms with E-state index in [-0.39, 0.29) is 12.0 Å². The molecule has 9 heteroatoms. The number of benzene rings is 1. The summed E-state index contributed by atoms with van der Waals surface area (Å²) >= 11 is 0. The second-order valence-electron chi connectivity index (χ2n) is 10.1. The van der Waals surface area contributed by atoms with Crippen LogP contribution in [0.1, 0.15) is 42.9 Å². The van der Waals surface area contributed by atoms with Crippen LogP contribution in [0.5, 0.6) is 5.75 Å². The molecule has 0 spiro atoms. The smallest absolute Gasteiger partial charge is 0.246 e. The van der Waals surface area contributed by atoms with Crippen LogP contribution in [0.25, 0.3) is 0 Å². The molecule has 3 saturated heterocycles. The maximum absolute atomic E-state index is 11.8. The van der Waals surface area contributed by atoms with Crippen molar-refractivity contribution in [2.75, 3.05) is 62.7 Å². The Bertz CT molecular complexity index is 1140. The van der Waals surface area contributed by atoms with Gasteiger partial charge in [0.05, 0.1) is 24.5 Å². The molecule has 0 unspecified atom stereocenters. The molecule has 0 saturated carbocycles. The van der Waals surface area contributed by atoms with E-state index in [2.05, 4.69) is 56.8 Å². The predicted molar refractivity (Wildman–Crippen MR) is 138 cm³/mol. The van der Waals surface area contributed by atoms with E-state index in [9.17, 15) is 4.79 Å². The van der Waals surface area contributed by atoms with Gasteiger partial charge in [0.1, 0.15) is 29.8 Å². The SMILES string of the molecule is C=CC(=O)N1CC(N2CCC(c3ccc4c(c3)Nc3ncnc(N5CCOCC5)c3[C@@H](C)O4)CC2)C1. The zero-order valence-electron chi connectivity index (χ0n) is 20.9. The van der Waals surface area contributed by atoms with Crippen LogP contribution in [0.3, 0.4) is 0 Å². The average molecular weight is 491 g/mol. The molecule has 4 aliphatic rings. The van der Waals surface area contributed by atoms with Gasteiger partial charge in [-0.25, -0.2) is 9.97 Å². The number of rotatable bonds is 4. The third-order valence-electron chi connectivity index (χ3n) is 8.01. The van der Waals surface area contributed by atoms with E-state index in [1.165, 1.54) is 11.6 Å². The van der Waals surface area contributed by atoms with E-state index in [1.807, 2.05) is 4.90 Å². The van der Waals surface area contributed by atoms with Gasteiger partial charge >= 0.3 is 0 Å². The number of hydrogen-bond acceptors (Lipinski definition) is 8. The van der Waals surface area contributed by atoms with E-state index < -0.39 is 0 Å². The zero-order chi connectivity index (χ0) is 24.6. The minimum atomic E-state index is -0.170. The van der Waals surface area contributed by atoms with Gasteiger partial charge in [-0.2, -0.15) is 0 Å². The average Bonchev–Trinajstić information content (AvgIpc) is 3.03. The number of nitrogens with zero attached hydrogens (tertiary/aromatic N) is 5. The molecule has 1 N–H and O–H groups in total. The number of nitrogens with one attached hydrogen (secondary N) is 1. The largest absolute Gasteiger partial charge is 0.484 e. The van der Waals surface area contributed by atoms with Crippen LogP contribution in [0.4, 0.5) is 17.3 Å². The molecule has 0 aliphatic carbocycles. The molecule has 0 bridgehead atoms. The quantitative estimate of drug-likeness (QED) is 0.655. The molecule has 6 rings (SSSR count).